The van der Waals surface area contributed by atoms with E-state index in [0.717, 1.165) is 27.7 Å². The van der Waals surface area contributed by atoms with Gasteiger partial charge in [-0.05, 0) is 6.42 Å². The Morgan fingerprint density at radius 3 is 1.68 bits per heavy atom. The molecule has 2 unspecified atom stereocenters. The van der Waals surface area contributed by atoms with E-state index in [1.54, 1.807) is 0 Å². The van der Waals surface area contributed by atoms with E-state index < -0.39 is 114 Å². The molecule has 1 aliphatic rings. The largest absolute Gasteiger partial charge is 0.463 e. The van der Waals surface area contributed by atoms with Gasteiger partial charge in [0.25, 0.3) is 0 Å². The van der Waals surface area contributed by atoms with Crippen molar-refractivity contribution in [2.75, 3.05) is 13.2 Å². The van der Waals surface area contributed by atoms with Gasteiger partial charge in [0, 0.05) is 34.1 Å². The maximum atomic E-state index is 14.1. The van der Waals surface area contributed by atoms with E-state index in [1.165, 1.54) is 0 Å². The first-order valence-electron chi connectivity index (χ1n) is 11.9. The van der Waals surface area contributed by atoms with Crippen LogP contribution in [-0.2, 0) is 62.5 Å². The second-order valence-corrected chi connectivity index (χ2v) is 10.3. The van der Waals surface area contributed by atoms with E-state index in [9.17, 15) is 62.7 Å². The Morgan fingerprint density at radius 2 is 1.23 bits per heavy atom. The lowest BCUT2D eigenvalue weighted by atomic mass is 9.98. The molecule has 0 aromatic heterocycles. The Kier molecular flexibility index (Phi) is 12.9. The number of carbonyl (C=O) groups excluding carboxylic acids is 4. The molecule has 1 saturated heterocycles. The zero-order valence-corrected chi connectivity index (χ0v) is 23.7. The first-order valence-corrected chi connectivity index (χ1v) is 13.3. The maximum Gasteiger partial charge on any atom is 0.460 e. The van der Waals surface area contributed by atoms with E-state index in [-0.39, 0.29) is 0 Å². The molecule has 0 aromatic carbocycles. The van der Waals surface area contributed by atoms with Crippen molar-refractivity contribution in [2.24, 2.45) is 0 Å². The van der Waals surface area contributed by atoms with Crippen LogP contribution in [0, 0.1) is 0 Å². The Morgan fingerprint density at radius 1 is 0.750 bits per heavy atom. The molecule has 14 nitrogen and oxygen atoms in total. The summed E-state index contributed by atoms with van der Waals surface area (Å²) < 4.78 is 170. The Bertz CT molecular complexity index is 1170. The summed E-state index contributed by atoms with van der Waals surface area (Å²) in [6.45, 7) is 1.79. The molecular weight excluding hydrogens is 660 g/mol. The second-order valence-electron chi connectivity index (χ2n) is 8.87. The number of halogens is 8. The monoisotopic (exact) mass is 686 g/mol. The van der Waals surface area contributed by atoms with Crippen LogP contribution in [0.2, 0.25) is 0 Å². The number of carbonyl (C=O) groups is 4. The van der Waals surface area contributed by atoms with Crippen LogP contribution in [0.15, 0.2) is 0 Å². The lowest BCUT2D eigenvalue weighted by Gasteiger charge is -2.44. The van der Waals surface area contributed by atoms with Crippen molar-refractivity contribution in [3.63, 3.8) is 0 Å². The number of alkyl halides is 8. The minimum absolute atomic E-state index is 0.721. The molecular formula is C21H26F8O14S. The topological polar surface area (TPSA) is 187 Å². The third-order valence-corrected chi connectivity index (χ3v) is 6.10. The molecule has 44 heavy (non-hydrogen) atoms. The summed E-state index contributed by atoms with van der Waals surface area (Å²) in [5.41, 5.74) is 0. The number of hydrogen-bond donors (Lipinski definition) is 1. The fourth-order valence-electron chi connectivity index (χ4n) is 3.41. The highest BCUT2D eigenvalue weighted by Gasteiger charge is 2.73. The number of rotatable bonds is 15. The number of esters is 4. The van der Waals surface area contributed by atoms with Gasteiger partial charge in [0.15, 0.2) is 24.6 Å². The van der Waals surface area contributed by atoms with Crippen LogP contribution in [0.25, 0.3) is 0 Å². The predicted molar refractivity (Wildman–Crippen MR) is 120 cm³/mol. The van der Waals surface area contributed by atoms with Crippen molar-refractivity contribution in [3.05, 3.63) is 0 Å². The molecule has 0 bridgehead atoms. The standard InChI is InChI=1S/C21H26F8O14S/c1-9(30)38-8-13-14(39-10(2)31)15(40-11(3)32)16(41-12(4)33)17(42-13)37-7-5-6-18(22,23)19(24,25)43-20(26,27)21(28,29)44(34,35)36/h13-17H,5-8H2,1-4H3,(H,34,35,36)/t13?,14-,15+,16?,17-/m1/s1. The van der Waals surface area contributed by atoms with Crippen molar-refractivity contribution in [1.29, 1.82) is 0 Å². The molecule has 1 heterocycles. The zero-order chi connectivity index (χ0) is 34.5. The first kappa shape index (κ1) is 39.1. The molecule has 0 aromatic rings. The van der Waals surface area contributed by atoms with Gasteiger partial charge >= 0.3 is 57.4 Å². The molecule has 0 amide bonds. The molecule has 23 heteroatoms. The fourth-order valence-corrected chi connectivity index (χ4v) is 3.75. The molecule has 1 fully saturated rings. The SMILES string of the molecule is CC(=O)OCC1O[C@@H](OCCCC(F)(F)C(F)(F)OC(F)(F)C(F)(F)S(=O)(=O)O)C(OC(C)=O)[C@@H](OC(C)=O)[C@@H]1OC(C)=O. The third kappa shape index (κ3) is 10.1. The average Bonchev–Trinajstić information content (AvgIpc) is 2.81. The summed E-state index contributed by atoms with van der Waals surface area (Å²) >= 11 is 0. The Hall–Kier alpha value is -2.89. The van der Waals surface area contributed by atoms with Crippen molar-refractivity contribution in [3.8, 4) is 0 Å². The van der Waals surface area contributed by atoms with Crippen molar-refractivity contribution < 1.29 is 100 Å². The fraction of sp³-hybridized carbons (Fsp3) is 0.810. The van der Waals surface area contributed by atoms with Crippen molar-refractivity contribution in [1.82, 2.24) is 0 Å². The van der Waals surface area contributed by atoms with Crippen LogP contribution in [-0.4, -0.2) is 104 Å². The highest BCUT2D eigenvalue weighted by molar-refractivity contribution is 7.86. The summed E-state index contributed by atoms with van der Waals surface area (Å²) in [5.74, 6) is -9.71. The molecule has 1 N–H and O–H groups in total. The van der Waals surface area contributed by atoms with Gasteiger partial charge in [-0.3, -0.25) is 23.7 Å². The minimum atomic E-state index is -7.10. The molecule has 5 atom stereocenters. The smallest absolute Gasteiger partial charge is 0.460 e. The van der Waals surface area contributed by atoms with Crippen LogP contribution in [0.5, 0.6) is 0 Å². The van der Waals surface area contributed by atoms with Crippen LogP contribution in [0.4, 0.5) is 35.1 Å². The summed E-state index contributed by atoms with van der Waals surface area (Å²) in [4.78, 5) is 46.4. The highest BCUT2D eigenvalue weighted by Crippen LogP contribution is 2.48. The van der Waals surface area contributed by atoms with E-state index in [1.807, 2.05) is 0 Å². The van der Waals surface area contributed by atoms with Crippen LogP contribution < -0.4 is 0 Å². The van der Waals surface area contributed by atoms with E-state index >= 15 is 0 Å². The van der Waals surface area contributed by atoms with Crippen molar-refractivity contribution in [2.45, 2.75) is 94.6 Å². The lowest BCUT2D eigenvalue weighted by Crippen LogP contribution is -2.63. The van der Waals surface area contributed by atoms with Gasteiger partial charge in [-0.25, -0.2) is 4.74 Å². The minimum Gasteiger partial charge on any atom is -0.463 e. The van der Waals surface area contributed by atoms with E-state index in [0.29, 0.717) is 0 Å². The number of ether oxygens (including phenoxy) is 7. The summed E-state index contributed by atoms with van der Waals surface area (Å²) in [7, 11) is -7.10. The van der Waals surface area contributed by atoms with Gasteiger partial charge in [0.2, 0.25) is 0 Å². The van der Waals surface area contributed by atoms with Gasteiger partial charge in [0.1, 0.15) is 12.7 Å². The molecule has 256 valence electrons. The van der Waals surface area contributed by atoms with Gasteiger partial charge in [-0.15, -0.1) is 0 Å². The molecule has 1 aliphatic heterocycles. The van der Waals surface area contributed by atoms with E-state index in [4.69, 9.17) is 33.0 Å². The molecule has 1 rings (SSSR count). The average molecular weight is 686 g/mol. The van der Waals surface area contributed by atoms with Crippen LogP contribution in [0.1, 0.15) is 40.5 Å². The van der Waals surface area contributed by atoms with Gasteiger partial charge in [-0.1, -0.05) is 0 Å². The van der Waals surface area contributed by atoms with Gasteiger partial charge in [-0.2, -0.15) is 43.5 Å². The predicted octanol–water partition coefficient (Wildman–Crippen LogP) is 2.18. The molecule has 0 radical (unpaired) electrons. The summed E-state index contributed by atoms with van der Waals surface area (Å²) in [5, 5.41) is -6.75. The normalized spacial score (nSPS) is 23.4. The highest BCUT2D eigenvalue weighted by atomic mass is 32.2. The second kappa shape index (κ2) is 14.5. The Labute approximate surface area is 242 Å². The molecule has 0 spiro atoms. The van der Waals surface area contributed by atoms with Crippen molar-refractivity contribution >= 4 is 34.0 Å². The summed E-state index contributed by atoms with van der Waals surface area (Å²) in [6.07, 6.45) is -25.4. The molecule has 0 aliphatic carbocycles. The maximum absolute atomic E-state index is 14.1. The van der Waals surface area contributed by atoms with Crippen LogP contribution >= 0.6 is 0 Å². The Balaban J connectivity index is 3.18. The third-order valence-electron chi connectivity index (χ3n) is 5.21. The summed E-state index contributed by atoms with van der Waals surface area (Å²) in [6, 6.07) is 0. The van der Waals surface area contributed by atoms with Gasteiger partial charge in [0.05, 0.1) is 6.61 Å². The molecule has 0 saturated carbocycles. The van der Waals surface area contributed by atoms with Gasteiger partial charge < -0.3 is 28.4 Å². The van der Waals surface area contributed by atoms with E-state index in [2.05, 4.69) is 4.74 Å². The van der Waals surface area contributed by atoms with Crippen LogP contribution in [0.3, 0.4) is 0 Å². The number of hydrogen-bond acceptors (Lipinski definition) is 13. The quantitative estimate of drug-likeness (QED) is 0.0868. The lowest BCUT2D eigenvalue weighted by molar-refractivity contribution is -0.456. The first-order chi connectivity index (χ1) is 19.8. The zero-order valence-electron chi connectivity index (χ0n) is 22.9.